The van der Waals surface area contributed by atoms with Crippen molar-refractivity contribution in [3.05, 3.63) is 24.1 Å². The SMILES string of the molecule is Nc1cccc2oc(CN3CCOC(CO)C3)nc12. The van der Waals surface area contributed by atoms with Crippen LogP contribution in [0, 0.1) is 0 Å². The molecule has 0 aliphatic carbocycles. The summed E-state index contributed by atoms with van der Waals surface area (Å²) in [4.78, 5) is 6.58. The maximum atomic E-state index is 9.12. The Morgan fingerprint density at radius 1 is 1.47 bits per heavy atom. The van der Waals surface area contributed by atoms with Gasteiger partial charge in [0.15, 0.2) is 5.58 Å². The normalized spacial score (nSPS) is 21.0. The number of hydrogen-bond acceptors (Lipinski definition) is 6. The predicted molar refractivity (Wildman–Crippen MR) is 70.5 cm³/mol. The summed E-state index contributed by atoms with van der Waals surface area (Å²) in [6, 6.07) is 5.52. The zero-order valence-corrected chi connectivity index (χ0v) is 10.6. The molecule has 6 nitrogen and oxygen atoms in total. The molecule has 1 aromatic heterocycles. The van der Waals surface area contributed by atoms with Gasteiger partial charge in [-0.25, -0.2) is 4.98 Å². The topological polar surface area (TPSA) is 84.8 Å². The van der Waals surface area contributed by atoms with Crippen molar-refractivity contribution in [1.29, 1.82) is 0 Å². The molecule has 2 aromatic rings. The van der Waals surface area contributed by atoms with Gasteiger partial charge in [-0.15, -0.1) is 0 Å². The van der Waals surface area contributed by atoms with Gasteiger partial charge >= 0.3 is 0 Å². The lowest BCUT2D eigenvalue weighted by molar-refractivity contribution is -0.0567. The number of oxazole rings is 1. The molecule has 3 N–H and O–H groups in total. The monoisotopic (exact) mass is 263 g/mol. The van der Waals surface area contributed by atoms with Crippen molar-refractivity contribution in [3.8, 4) is 0 Å². The van der Waals surface area contributed by atoms with Crippen molar-refractivity contribution in [3.63, 3.8) is 0 Å². The highest BCUT2D eigenvalue weighted by Gasteiger charge is 2.21. The number of aliphatic hydroxyl groups excluding tert-OH is 1. The molecule has 1 aliphatic heterocycles. The van der Waals surface area contributed by atoms with Gasteiger partial charge in [0.1, 0.15) is 5.52 Å². The van der Waals surface area contributed by atoms with Crippen molar-refractivity contribution < 1.29 is 14.3 Å². The van der Waals surface area contributed by atoms with Crippen LogP contribution < -0.4 is 5.73 Å². The molecule has 19 heavy (non-hydrogen) atoms. The largest absolute Gasteiger partial charge is 0.439 e. The number of aliphatic hydroxyl groups is 1. The van der Waals surface area contributed by atoms with E-state index in [4.69, 9.17) is 20.0 Å². The number of nitrogen functional groups attached to an aromatic ring is 1. The van der Waals surface area contributed by atoms with E-state index in [-0.39, 0.29) is 12.7 Å². The van der Waals surface area contributed by atoms with Gasteiger partial charge in [-0.2, -0.15) is 0 Å². The number of morpholine rings is 1. The van der Waals surface area contributed by atoms with Crippen LogP contribution in [-0.4, -0.2) is 47.4 Å². The molecule has 0 bridgehead atoms. The van der Waals surface area contributed by atoms with Crippen LogP contribution in [0.4, 0.5) is 5.69 Å². The van der Waals surface area contributed by atoms with E-state index in [9.17, 15) is 0 Å². The summed E-state index contributed by atoms with van der Waals surface area (Å²) in [6.45, 7) is 2.76. The molecular weight excluding hydrogens is 246 g/mol. The molecule has 0 amide bonds. The second kappa shape index (κ2) is 5.16. The van der Waals surface area contributed by atoms with Crippen LogP contribution in [0.2, 0.25) is 0 Å². The van der Waals surface area contributed by atoms with Crippen molar-refractivity contribution in [2.75, 3.05) is 32.0 Å². The maximum Gasteiger partial charge on any atom is 0.209 e. The van der Waals surface area contributed by atoms with Crippen LogP contribution in [0.15, 0.2) is 22.6 Å². The van der Waals surface area contributed by atoms with Crippen LogP contribution in [0.3, 0.4) is 0 Å². The van der Waals surface area contributed by atoms with E-state index in [1.54, 1.807) is 0 Å². The molecule has 3 rings (SSSR count). The van der Waals surface area contributed by atoms with Crippen LogP contribution in [0.5, 0.6) is 0 Å². The fraction of sp³-hybridized carbons (Fsp3) is 0.462. The second-order valence-electron chi connectivity index (χ2n) is 4.71. The van der Waals surface area contributed by atoms with Crippen molar-refractivity contribution >= 4 is 16.8 Å². The molecule has 0 spiro atoms. The van der Waals surface area contributed by atoms with E-state index >= 15 is 0 Å². The third-order valence-corrected chi connectivity index (χ3v) is 3.28. The first-order valence-electron chi connectivity index (χ1n) is 6.35. The summed E-state index contributed by atoms with van der Waals surface area (Å²) in [5.41, 5.74) is 7.91. The molecule has 0 saturated carbocycles. The number of aromatic nitrogens is 1. The van der Waals surface area contributed by atoms with Crippen molar-refractivity contribution in [2.45, 2.75) is 12.6 Å². The van der Waals surface area contributed by atoms with Gasteiger partial charge < -0.3 is 20.0 Å². The lowest BCUT2D eigenvalue weighted by Crippen LogP contribution is -2.43. The molecule has 102 valence electrons. The van der Waals surface area contributed by atoms with Gasteiger partial charge in [0.05, 0.1) is 31.5 Å². The Morgan fingerprint density at radius 2 is 2.37 bits per heavy atom. The molecule has 1 aliphatic rings. The average molecular weight is 263 g/mol. The third-order valence-electron chi connectivity index (χ3n) is 3.28. The number of nitrogens with two attached hydrogens (primary N) is 1. The minimum atomic E-state index is -0.122. The molecule has 2 heterocycles. The summed E-state index contributed by atoms with van der Waals surface area (Å²) in [7, 11) is 0. The van der Waals surface area contributed by atoms with Crippen LogP contribution in [-0.2, 0) is 11.3 Å². The zero-order chi connectivity index (χ0) is 13.2. The smallest absolute Gasteiger partial charge is 0.209 e. The van der Waals surface area contributed by atoms with Crippen LogP contribution in [0.25, 0.3) is 11.1 Å². The van der Waals surface area contributed by atoms with Crippen molar-refractivity contribution in [2.24, 2.45) is 0 Å². The molecular formula is C13H17N3O3. The molecule has 6 heteroatoms. The average Bonchev–Trinajstić information content (AvgIpc) is 2.83. The molecule has 1 saturated heterocycles. The standard InChI is InChI=1S/C13H17N3O3/c14-10-2-1-3-11-13(10)15-12(19-11)7-16-4-5-18-9(6-16)8-17/h1-3,9,17H,4-8,14H2. The number of para-hydroxylation sites is 1. The molecule has 1 aromatic carbocycles. The van der Waals surface area contributed by atoms with Gasteiger partial charge in [-0.1, -0.05) is 6.07 Å². The lowest BCUT2D eigenvalue weighted by atomic mass is 10.3. The van der Waals surface area contributed by atoms with E-state index in [2.05, 4.69) is 9.88 Å². The Kier molecular flexibility index (Phi) is 3.37. The summed E-state index contributed by atoms with van der Waals surface area (Å²) in [5, 5.41) is 9.12. The van der Waals surface area contributed by atoms with Gasteiger partial charge in [-0.05, 0) is 12.1 Å². The first-order chi connectivity index (χ1) is 9.26. The Balaban J connectivity index is 1.76. The third kappa shape index (κ3) is 2.56. The van der Waals surface area contributed by atoms with Gasteiger partial charge in [-0.3, -0.25) is 4.90 Å². The highest BCUT2D eigenvalue weighted by Crippen LogP contribution is 2.22. The summed E-state index contributed by atoms with van der Waals surface area (Å²) >= 11 is 0. The number of ether oxygens (including phenoxy) is 1. The number of nitrogens with zero attached hydrogens (tertiary/aromatic N) is 2. The van der Waals surface area contributed by atoms with Crippen molar-refractivity contribution in [1.82, 2.24) is 9.88 Å². The Labute approximate surface area is 110 Å². The van der Waals surface area contributed by atoms with Gasteiger partial charge in [0, 0.05) is 13.1 Å². The second-order valence-corrected chi connectivity index (χ2v) is 4.71. The first kappa shape index (κ1) is 12.4. The number of benzene rings is 1. The van der Waals surface area contributed by atoms with Gasteiger partial charge in [0.25, 0.3) is 0 Å². The summed E-state index contributed by atoms with van der Waals surface area (Å²) in [5.74, 6) is 0.645. The predicted octanol–water partition coefficient (Wildman–Crippen LogP) is 0.603. The fourth-order valence-electron chi connectivity index (χ4n) is 2.31. The highest BCUT2D eigenvalue weighted by atomic mass is 16.5. The Morgan fingerprint density at radius 3 is 3.16 bits per heavy atom. The van der Waals surface area contributed by atoms with E-state index in [0.717, 1.165) is 6.54 Å². The van der Waals surface area contributed by atoms with Crippen LogP contribution >= 0.6 is 0 Å². The number of fused-ring (bicyclic) bond motifs is 1. The van der Waals surface area contributed by atoms with Crippen LogP contribution in [0.1, 0.15) is 5.89 Å². The molecule has 0 radical (unpaired) electrons. The Bertz CT molecular complexity index is 569. The van der Waals surface area contributed by atoms with Gasteiger partial charge in [0.2, 0.25) is 5.89 Å². The quantitative estimate of drug-likeness (QED) is 0.789. The maximum absolute atomic E-state index is 9.12. The number of hydrogen-bond donors (Lipinski definition) is 2. The van der Waals surface area contributed by atoms with E-state index in [1.165, 1.54) is 0 Å². The van der Waals surface area contributed by atoms with E-state index in [0.29, 0.717) is 42.4 Å². The Hall–Kier alpha value is -1.63. The lowest BCUT2D eigenvalue weighted by Gasteiger charge is -2.30. The minimum Gasteiger partial charge on any atom is -0.439 e. The highest BCUT2D eigenvalue weighted by molar-refractivity contribution is 5.85. The molecule has 1 atom stereocenters. The number of rotatable bonds is 3. The first-order valence-corrected chi connectivity index (χ1v) is 6.35. The minimum absolute atomic E-state index is 0.0387. The fourth-order valence-corrected chi connectivity index (χ4v) is 2.31. The zero-order valence-electron chi connectivity index (χ0n) is 10.6. The van der Waals surface area contributed by atoms with E-state index < -0.39 is 0 Å². The number of anilines is 1. The summed E-state index contributed by atoms with van der Waals surface area (Å²) < 4.78 is 11.1. The molecule has 1 unspecified atom stereocenters. The molecule has 1 fully saturated rings. The summed E-state index contributed by atoms with van der Waals surface area (Å²) in [6.07, 6.45) is -0.122. The van der Waals surface area contributed by atoms with E-state index in [1.807, 2.05) is 18.2 Å².